The number of ether oxygens (including phenoxy) is 1. The summed E-state index contributed by atoms with van der Waals surface area (Å²) >= 11 is 0. The maximum atomic E-state index is 13.5. The molecular weight excluding hydrogens is 460 g/mol. The smallest absolute Gasteiger partial charge is 0.243 e. The van der Waals surface area contributed by atoms with E-state index in [2.05, 4.69) is 0 Å². The lowest BCUT2D eigenvalue weighted by molar-refractivity contribution is 0.0730. The average Bonchev–Trinajstić information content (AvgIpc) is 2.85. The molecule has 0 aliphatic carbocycles. The number of hydrogen-bond acceptors (Lipinski definition) is 5. The van der Waals surface area contributed by atoms with Crippen molar-refractivity contribution in [2.45, 2.75) is 22.9 Å². The van der Waals surface area contributed by atoms with Crippen LogP contribution in [0.15, 0.2) is 94.7 Å². The van der Waals surface area contributed by atoms with Gasteiger partial charge < -0.3 is 4.74 Å². The largest absolute Gasteiger partial charge is 0.379 e. The summed E-state index contributed by atoms with van der Waals surface area (Å²) in [6.07, 6.45) is 0. The maximum absolute atomic E-state index is 13.5. The van der Waals surface area contributed by atoms with Crippen LogP contribution in [0.2, 0.25) is 0 Å². The predicted octanol–water partition coefficient (Wildman–Crippen LogP) is 3.10. The first kappa shape index (κ1) is 23.6. The highest BCUT2D eigenvalue weighted by Crippen LogP contribution is 2.23. The molecule has 0 spiro atoms. The summed E-state index contributed by atoms with van der Waals surface area (Å²) in [7, 11) is -7.49. The lowest BCUT2D eigenvalue weighted by Gasteiger charge is -2.26. The van der Waals surface area contributed by atoms with Gasteiger partial charge in [0.1, 0.15) is 0 Å². The molecule has 1 aliphatic heterocycles. The van der Waals surface area contributed by atoms with Gasteiger partial charge in [-0.05, 0) is 35.4 Å². The minimum Gasteiger partial charge on any atom is -0.379 e. The van der Waals surface area contributed by atoms with Crippen molar-refractivity contribution < 1.29 is 21.6 Å². The molecule has 0 aromatic heterocycles. The Morgan fingerprint density at radius 3 is 1.91 bits per heavy atom. The van der Waals surface area contributed by atoms with Gasteiger partial charge >= 0.3 is 0 Å². The van der Waals surface area contributed by atoms with Crippen LogP contribution >= 0.6 is 0 Å². The van der Waals surface area contributed by atoms with E-state index in [1.165, 1.54) is 8.61 Å². The Kier molecular flexibility index (Phi) is 7.26. The minimum absolute atomic E-state index is 0.0403. The Hall–Kier alpha value is -2.56. The van der Waals surface area contributed by atoms with Crippen LogP contribution in [0.5, 0.6) is 0 Å². The molecule has 0 atom stereocenters. The third-order valence-corrected chi connectivity index (χ3v) is 9.15. The summed E-state index contributed by atoms with van der Waals surface area (Å²) in [5, 5.41) is 0. The zero-order chi connectivity index (χ0) is 23.3. The third kappa shape index (κ3) is 5.51. The first-order valence-corrected chi connectivity index (χ1v) is 13.5. The summed E-state index contributed by atoms with van der Waals surface area (Å²) in [5.41, 5.74) is 1.44. The summed E-state index contributed by atoms with van der Waals surface area (Å²) in [6.45, 7) is 1.53. The van der Waals surface area contributed by atoms with Gasteiger partial charge in [-0.15, -0.1) is 0 Å². The molecule has 1 aliphatic rings. The van der Waals surface area contributed by atoms with E-state index < -0.39 is 20.0 Å². The molecule has 0 unspecified atom stereocenters. The maximum Gasteiger partial charge on any atom is 0.243 e. The Morgan fingerprint density at radius 2 is 1.24 bits per heavy atom. The standard InChI is InChI=1S/C24H26N2O5S2/c27-32(28,23-11-5-2-6-12-23)26(19-21-8-3-1-4-9-21)20-22-10-7-13-24(18-22)33(29,30)25-14-16-31-17-15-25/h1-13,18H,14-17,19-20H2. The fraction of sp³-hybridized carbons (Fsp3) is 0.250. The molecule has 0 saturated carbocycles. The molecule has 3 aromatic carbocycles. The van der Waals surface area contributed by atoms with Gasteiger partial charge in [0.25, 0.3) is 0 Å². The van der Waals surface area contributed by atoms with Crippen LogP contribution in [-0.2, 0) is 37.9 Å². The quantitative estimate of drug-likeness (QED) is 0.489. The lowest BCUT2D eigenvalue weighted by atomic mass is 10.2. The zero-order valence-corrected chi connectivity index (χ0v) is 19.7. The van der Waals surface area contributed by atoms with Crippen molar-refractivity contribution in [3.8, 4) is 0 Å². The molecule has 3 aromatic rings. The van der Waals surface area contributed by atoms with E-state index in [4.69, 9.17) is 4.74 Å². The molecule has 1 heterocycles. The van der Waals surface area contributed by atoms with Gasteiger partial charge in [-0.1, -0.05) is 60.7 Å². The molecule has 0 radical (unpaired) electrons. The van der Waals surface area contributed by atoms with Gasteiger partial charge in [-0.25, -0.2) is 16.8 Å². The molecule has 1 fully saturated rings. The second kappa shape index (κ2) is 10.1. The highest BCUT2D eigenvalue weighted by atomic mass is 32.2. The normalized spacial score (nSPS) is 15.5. The van der Waals surface area contributed by atoms with Crippen LogP contribution in [0.1, 0.15) is 11.1 Å². The van der Waals surface area contributed by atoms with Gasteiger partial charge in [-0.2, -0.15) is 8.61 Å². The van der Waals surface area contributed by atoms with Gasteiger partial charge in [0.15, 0.2) is 0 Å². The van der Waals surface area contributed by atoms with Gasteiger partial charge in [0.2, 0.25) is 20.0 Å². The highest BCUT2D eigenvalue weighted by Gasteiger charge is 2.28. The Balaban J connectivity index is 1.66. The molecule has 174 valence electrons. The SMILES string of the molecule is O=S(=O)(c1cccc(CN(Cc2ccccc2)S(=O)(=O)c2ccccc2)c1)N1CCOCC1. The lowest BCUT2D eigenvalue weighted by Crippen LogP contribution is -2.40. The highest BCUT2D eigenvalue weighted by molar-refractivity contribution is 7.89. The van der Waals surface area contributed by atoms with Gasteiger partial charge in [0.05, 0.1) is 23.0 Å². The topological polar surface area (TPSA) is 84.0 Å². The molecule has 4 rings (SSSR count). The van der Waals surface area contributed by atoms with Crippen molar-refractivity contribution in [1.82, 2.24) is 8.61 Å². The number of rotatable bonds is 8. The van der Waals surface area contributed by atoms with Crippen LogP contribution < -0.4 is 0 Å². The molecule has 33 heavy (non-hydrogen) atoms. The van der Waals surface area contributed by atoms with Crippen molar-refractivity contribution in [2.24, 2.45) is 0 Å². The van der Waals surface area contributed by atoms with Gasteiger partial charge in [-0.3, -0.25) is 0 Å². The Labute approximate surface area is 195 Å². The van der Waals surface area contributed by atoms with Crippen molar-refractivity contribution in [1.29, 1.82) is 0 Å². The molecule has 0 N–H and O–H groups in total. The van der Waals surface area contributed by atoms with Crippen LogP contribution in [0, 0.1) is 0 Å². The third-order valence-electron chi connectivity index (χ3n) is 5.45. The number of sulfonamides is 2. The van der Waals surface area contributed by atoms with Crippen LogP contribution in [-0.4, -0.2) is 51.7 Å². The minimum atomic E-state index is -3.81. The van der Waals surface area contributed by atoms with E-state index in [0.717, 1.165) is 5.56 Å². The van der Waals surface area contributed by atoms with E-state index in [-0.39, 0.29) is 22.9 Å². The number of hydrogen-bond donors (Lipinski definition) is 0. The second-order valence-electron chi connectivity index (χ2n) is 7.74. The fourth-order valence-corrected chi connectivity index (χ4v) is 6.61. The molecular formula is C24H26N2O5S2. The molecule has 9 heteroatoms. The van der Waals surface area contributed by atoms with E-state index in [1.807, 2.05) is 30.3 Å². The van der Waals surface area contributed by atoms with E-state index in [0.29, 0.717) is 31.9 Å². The summed E-state index contributed by atoms with van der Waals surface area (Å²) < 4.78 is 61.1. The zero-order valence-electron chi connectivity index (χ0n) is 18.1. The first-order valence-electron chi connectivity index (χ1n) is 10.6. The Morgan fingerprint density at radius 1 is 0.697 bits per heavy atom. The van der Waals surface area contributed by atoms with Crippen LogP contribution in [0.3, 0.4) is 0 Å². The molecule has 0 amide bonds. The van der Waals surface area contributed by atoms with Gasteiger partial charge in [0, 0.05) is 26.2 Å². The average molecular weight is 487 g/mol. The number of benzene rings is 3. The fourth-order valence-electron chi connectivity index (χ4n) is 3.70. The first-order chi connectivity index (χ1) is 15.9. The molecule has 0 bridgehead atoms. The number of morpholine rings is 1. The predicted molar refractivity (Wildman–Crippen MR) is 125 cm³/mol. The van der Waals surface area contributed by atoms with E-state index in [9.17, 15) is 16.8 Å². The molecule has 7 nitrogen and oxygen atoms in total. The second-order valence-corrected chi connectivity index (χ2v) is 11.6. The van der Waals surface area contributed by atoms with Crippen molar-refractivity contribution in [3.05, 3.63) is 96.1 Å². The van der Waals surface area contributed by atoms with Crippen molar-refractivity contribution >= 4 is 20.0 Å². The summed E-state index contributed by atoms with van der Waals surface area (Å²) in [5.74, 6) is 0. The van der Waals surface area contributed by atoms with Crippen molar-refractivity contribution in [2.75, 3.05) is 26.3 Å². The monoisotopic (exact) mass is 486 g/mol. The van der Waals surface area contributed by atoms with Crippen LogP contribution in [0.25, 0.3) is 0 Å². The Bertz CT molecular complexity index is 1270. The van der Waals surface area contributed by atoms with Crippen molar-refractivity contribution in [3.63, 3.8) is 0 Å². The molecule has 1 saturated heterocycles. The summed E-state index contributed by atoms with van der Waals surface area (Å²) in [6, 6.07) is 24.1. The van der Waals surface area contributed by atoms with E-state index in [1.54, 1.807) is 54.6 Å². The van der Waals surface area contributed by atoms with E-state index >= 15 is 0 Å². The number of nitrogens with zero attached hydrogens (tertiary/aromatic N) is 2. The summed E-state index contributed by atoms with van der Waals surface area (Å²) in [4.78, 5) is 0.344. The van der Waals surface area contributed by atoms with Crippen LogP contribution in [0.4, 0.5) is 0 Å².